The van der Waals surface area contributed by atoms with Crippen molar-refractivity contribution in [1.29, 1.82) is 0 Å². The molecule has 0 radical (unpaired) electrons. The molecule has 0 aromatic carbocycles. The molecule has 1 spiro atoms. The normalized spacial score (nSPS) is 20.7. The van der Waals surface area contributed by atoms with Crippen LogP contribution in [0.15, 0.2) is 41.9 Å². The maximum absolute atomic E-state index is 12.5. The van der Waals surface area contributed by atoms with Gasteiger partial charge in [0.25, 0.3) is 5.91 Å². The van der Waals surface area contributed by atoms with Gasteiger partial charge in [0.1, 0.15) is 0 Å². The average Bonchev–Trinajstić information content (AvgIpc) is 3.18. The molecule has 5 nitrogen and oxygen atoms in total. The molecule has 2 aliphatic heterocycles. The van der Waals surface area contributed by atoms with Gasteiger partial charge in [0, 0.05) is 38.9 Å². The van der Waals surface area contributed by atoms with Crippen LogP contribution in [0.25, 0.3) is 0 Å². The Balaban J connectivity index is 1.36. The van der Waals surface area contributed by atoms with Crippen molar-refractivity contribution in [3.8, 4) is 0 Å². The van der Waals surface area contributed by atoms with Gasteiger partial charge >= 0.3 is 0 Å². The summed E-state index contributed by atoms with van der Waals surface area (Å²) < 4.78 is 6.20. The van der Waals surface area contributed by atoms with Gasteiger partial charge in [-0.2, -0.15) is 0 Å². The summed E-state index contributed by atoms with van der Waals surface area (Å²) in [5, 5.41) is 1.96. The van der Waals surface area contributed by atoms with Crippen molar-refractivity contribution < 1.29 is 9.53 Å². The van der Waals surface area contributed by atoms with Crippen LogP contribution >= 0.6 is 11.3 Å². The van der Waals surface area contributed by atoms with Crippen LogP contribution in [0, 0.1) is 0 Å². The summed E-state index contributed by atoms with van der Waals surface area (Å²) in [6.07, 6.45) is 3.66. The van der Waals surface area contributed by atoms with E-state index >= 15 is 0 Å². The van der Waals surface area contributed by atoms with E-state index in [1.165, 1.54) is 11.3 Å². The maximum Gasteiger partial charge on any atom is 0.263 e. The molecule has 25 heavy (non-hydrogen) atoms. The van der Waals surface area contributed by atoms with Crippen LogP contribution in [-0.2, 0) is 11.3 Å². The lowest BCUT2D eigenvalue weighted by molar-refractivity contribution is -0.134. The van der Waals surface area contributed by atoms with Crippen LogP contribution in [0.5, 0.6) is 0 Å². The van der Waals surface area contributed by atoms with Crippen LogP contribution in [0.4, 0.5) is 0 Å². The molecule has 0 bridgehead atoms. The van der Waals surface area contributed by atoms with E-state index in [2.05, 4.69) is 16.0 Å². The summed E-state index contributed by atoms with van der Waals surface area (Å²) in [4.78, 5) is 22.2. The van der Waals surface area contributed by atoms with Crippen molar-refractivity contribution in [2.45, 2.75) is 25.0 Å². The van der Waals surface area contributed by atoms with E-state index in [9.17, 15) is 4.79 Å². The number of rotatable bonds is 3. The molecule has 1 amide bonds. The van der Waals surface area contributed by atoms with Crippen LogP contribution in [0.1, 0.15) is 28.2 Å². The molecular formula is C19H23N3O2S. The molecular weight excluding hydrogens is 334 g/mol. The number of ether oxygens (including phenoxy) is 1. The Kier molecular flexibility index (Phi) is 4.83. The second-order valence-electron chi connectivity index (χ2n) is 6.83. The van der Waals surface area contributed by atoms with Crippen LogP contribution in [-0.4, -0.2) is 59.1 Å². The van der Waals surface area contributed by atoms with Crippen molar-refractivity contribution in [2.24, 2.45) is 0 Å². The molecule has 2 saturated heterocycles. The number of piperidine rings is 1. The Bertz CT molecular complexity index is 697. The van der Waals surface area contributed by atoms with Gasteiger partial charge in [0.2, 0.25) is 0 Å². The predicted octanol–water partition coefficient (Wildman–Crippen LogP) is 2.65. The number of hydrogen-bond donors (Lipinski definition) is 0. The average molecular weight is 357 g/mol. The van der Waals surface area contributed by atoms with Gasteiger partial charge in [-0.15, -0.1) is 11.3 Å². The van der Waals surface area contributed by atoms with Gasteiger partial charge in [0.05, 0.1) is 22.8 Å². The number of carbonyl (C=O) groups is 1. The topological polar surface area (TPSA) is 45.7 Å². The summed E-state index contributed by atoms with van der Waals surface area (Å²) in [6, 6.07) is 9.90. The number of pyridine rings is 1. The predicted molar refractivity (Wildman–Crippen MR) is 97.7 cm³/mol. The quantitative estimate of drug-likeness (QED) is 0.847. The maximum atomic E-state index is 12.5. The number of morpholine rings is 1. The highest BCUT2D eigenvalue weighted by Gasteiger charge is 2.40. The molecule has 2 fully saturated rings. The Hall–Kier alpha value is -1.76. The van der Waals surface area contributed by atoms with Crippen LogP contribution < -0.4 is 0 Å². The van der Waals surface area contributed by atoms with Gasteiger partial charge in [-0.1, -0.05) is 12.1 Å². The molecule has 2 aromatic rings. The molecule has 4 rings (SSSR count). The van der Waals surface area contributed by atoms with Gasteiger partial charge in [-0.05, 0) is 36.4 Å². The van der Waals surface area contributed by atoms with Crippen molar-refractivity contribution in [3.05, 3.63) is 52.5 Å². The highest BCUT2D eigenvalue weighted by molar-refractivity contribution is 7.12. The van der Waals surface area contributed by atoms with E-state index in [0.29, 0.717) is 0 Å². The molecule has 6 heteroatoms. The zero-order valence-electron chi connectivity index (χ0n) is 14.3. The summed E-state index contributed by atoms with van der Waals surface area (Å²) in [6.45, 7) is 5.03. The first-order valence-electron chi connectivity index (χ1n) is 8.83. The van der Waals surface area contributed by atoms with Crippen LogP contribution in [0.2, 0.25) is 0 Å². The lowest BCUT2D eigenvalue weighted by atomic mass is 9.89. The molecule has 0 atom stereocenters. The smallest absolute Gasteiger partial charge is 0.263 e. The van der Waals surface area contributed by atoms with E-state index < -0.39 is 0 Å². The Morgan fingerprint density at radius 3 is 2.80 bits per heavy atom. The first-order valence-corrected chi connectivity index (χ1v) is 9.71. The third kappa shape index (κ3) is 3.76. The fraction of sp³-hybridized carbons (Fsp3) is 0.474. The van der Waals surface area contributed by atoms with E-state index in [0.717, 1.165) is 62.7 Å². The Labute approximate surface area is 152 Å². The summed E-state index contributed by atoms with van der Waals surface area (Å²) in [7, 11) is 0. The lowest BCUT2D eigenvalue weighted by Crippen LogP contribution is -2.57. The Morgan fingerprint density at radius 2 is 2.08 bits per heavy atom. The van der Waals surface area contributed by atoms with E-state index in [1.807, 2.05) is 40.7 Å². The van der Waals surface area contributed by atoms with Gasteiger partial charge in [0.15, 0.2) is 0 Å². The van der Waals surface area contributed by atoms with Gasteiger partial charge in [-0.3, -0.25) is 14.7 Å². The molecule has 0 unspecified atom stereocenters. The summed E-state index contributed by atoms with van der Waals surface area (Å²) in [5.41, 5.74) is 0.990. The van der Waals surface area contributed by atoms with Crippen molar-refractivity contribution >= 4 is 17.2 Å². The molecule has 132 valence electrons. The van der Waals surface area contributed by atoms with Crippen molar-refractivity contribution in [3.63, 3.8) is 0 Å². The van der Waals surface area contributed by atoms with Gasteiger partial charge < -0.3 is 9.64 Å². The number of amides is 1. The van der Waals surface area contributed by atoms with Gasteiger partial charge in [-0.25, -0.2) is 0 Å². The molecule has 0 N–H and O–H groups in total. The van der Waals surface area contributed by atoms with Crippen molar-refractivity contribution in [1.82, 2.24) is 14.8 Å². The fourth-order valence-corrected chi connectivity index (χ4v) is 4.45. The summed E-state index contributed by atoms with van der Waals surface area (Å²) in [5.74, 6) is 0.158. The number of aromatic nitrogens is 1. The minimum atomic E-state index is -0.112. The van der Waals surface area contributed by atoms with E-state index in [-0.39, 0.29) is 11.5 Å². The molecule has 4 heterocycles. The second kappa shape index (κ2) is 7.23. The number of hydrogen-bond acceptors (Lipinski definition) is 5. The molecule has 0 saturated carbocycles. The van der Waals surface area contributed by atoms with Crippen LogP contribution in [0.3, 0.4) is 0 Å². The highest BCUT2D eigenvalue weighted by Crippen LogP contribution is 2.31. The van der Waals surface area contributed by atoms with E-state index in [4.69, 9.17) is 4.74 Å². The standard InChI is InChI=1S/C19H23N3O2S/c23-18(17-5-3-13-25-17)22-9-6-19(7-10-22)15-21(11-12-24-19)14-16-4-1-2-8-20-16/h1-5,8,13H,6-7,9-12,14-15H2. The molecule has 0 aliphatic carbocycles. The fourth-order valence-electron chi connectivity index (χ4n) is 3.76. The monoisotopic (exact) mass is 357 g/mol. The first-order chi connectivity index (χ1) is 12.2. The molecule has 2 aliphatic rings. The van der Waals surface area contributed by atoms with E-state index in [1.54, 1.807) is 0 Å². The minimum absolute atomic E-state index is 0.112. The minimum Gasteiger partial charge on any atom is -0.372 e. The largest absolute Gasteiger partial charge is 0.372 e. The third-order valence-electron chi connectivity index (χ3n) is 5.13. The number of carbonyl (C=O) groups excluding carboxylic acids is 1. The number of nitrogens with zero attached hydrogens (tertiary/aromatic N) is 3. The summed E-state index contributed by atoms with van der Waals surface area (Å²) >= 11 is 1.52. The number of thiophene rings is 1. The Morgan fingerprint density at radius 1 is 1.20 bits per heavy atom. The first kappa shape index (κ1) is 16.7. The number of likely N-dealkylation sites (tertiary alicyclic amines) is 1. The third-order valence-corrected chi connectivity index (χ3v) is 5.99. The second-order valence-corrected chi connectivity index (χ2v) is 7.78. The highest BCUT2D eigenvalue weighted by atomic mass is 32.1. The van der Waals surface area contributed by atoms with Crippen molar-refractivity contribution in [2.75, 3.05) is 32.8 Å². The zero-order chi connectivity index (χ0) is 17.1. The zero-order valence-corrected chi connectivity index (χ0v) is 15.1. The lowest BCUT2D eigenvalue weighted by Gasteiger charge is -2.47. The SMILES string of the molecule is O=C(c1cccs1)N1CCC2(CC1)CN(Cc1ccccn1)CCO2. The molecule has 2 aromatic heterocycles.